The zero-order chi connectivity index (χ0) is 16.1. The Morgan fingerprint density at radius 3 is 2.55 bits per heavy atom. The highest BCUT2D eigenvalue weighted by atomic mass is 16.5. The summed E-state index contributed by atoms with van der Waals surface area (Å²) in [5.74, 6) is -0.487. The van der Waals surface area contributed by atoms with Gasteiger partial charge in [0.25, 0.3) is 5.91 Å². The number of methoxy groups -OCH3 is 1. The lowest BCUT2D eigenvalue weighted by molar-refractivity contribution is -0.136. The van der Waals surface area contributed by atoms with Crippen LogP contribution in [0.4, 0.5) is 0 Å². The second kappa shape index (κ2) is 6.80. The number of hydrogen-bond donors (Lipinski definition) is 2. The molecule has 0 bridgehead atoms. The lowest BCUT2D eigenvalue weighted by Crippen LogP contribution is -2.24. The molecule has 0 atom stereocenters. The molecule has 1 amide bonds. The molecule has 2 N–H and O–H groups in total. The Hall–Kier alpha value is -2.76. The predicted molar refractivity (Wildman–Crippen MR) is 78.9 cm³/mol. The molecule has 0 fully saturated rings. The fourth-order valence-corrected chi connectivity index (χ4v) is 2.08. The molecule has 0 saturated carbocycles. The topological polar surface area (TPSA) is 88.8 Å². The zero-order valence-electron chi connectivity index (χ0n) is 12.4. The number of carbonyl (C=O) groups excluding carboxylic acids is 1. The van der Waals surface area contributed by atoms with E-state index in [0.717, 1.165) is 11.3 Å². The first-order valence-electron chi connectivity index (χ1n) is 6.71. The van der Waals surface area contributed by atoms with Crippen molar-refractivity contribution in [1.29, 1.82) is 0 Å². The van der Waals surface area contributed by atoms with Crippen LogP contribution in [0.3, 0.4) is 0 Å². The van der Waals surface area contributed by atoms with Gasteiger partial charge in [-0.25, -0.2) is 0 Å². The summed E-state index contributed by atoms with van der Waals surface area (Å²) < 4.78 is 10.2. The van der Waals surface area contributed by atoms with Crippen LogP contribution in [-0.4, -0.2) is 24.1 Å². The standard InChI is InChI=1S/C16H17NO5/c1-10-9-22-13(7-14(18)19)15(10)16(20)17-8-11-3-5-12(21-2)6-4-11/h3-6,9H,7-8H2,1-2H3,(H,17,20)(H,18,19). The van der Waals surface area contributed by atoms with Gasteiger partial charge in [0, 0.05) is 12.1 Å². The van der Waals surface area contributed by atoms with Crippen molar-refractivity contribution < 1.29 is 23.8 Å². The molecule has 116 valence electrons. The zero-order valence-corrected chi connectivity index (χ0v) is 12.4. The number of benzene rings is 1. The number of rotatable bonds is 6. The van der Waals surface area contributed by atoms with Gasteiger partial charge >= 0.3 is 5.97 Å². The molecule has 0 saturated heterocycles. The highest BCUT2D eigenvalue weighted by Gasteiger charge is 2.20. The number of aryl methyl sites for hydroxylation is 1. The summed E-state index contributed by atoms with van der Waals surface area (Å²) in [6.45, 7) is 2.04. The predicted octanol–water partition coefficient (Wildman–Crippen LogP) is 2.15. The van der Waals surface area contributed by atoms with Crippen LogP contribution in [0.5, 0.6) is 5.75 Å². The normalized spacial score (nSPS) is 10.3. The minimum Gasteiger partial charge on any atom is -0.497 e. The molecule has 0 aliphatic carbocycles. The van der Waals surface area contributed by atoms with E-state index in [9.17, 15) is 9.59 Å². The molecule has 0 unspecified atom stereocenters. The molecule has 6 nitrogen and oxygen atoms in total. The number of carbonyl (C=O) groups is 2. The van der Waals surface area contributed by atoms with Crippen molar-refractivity contribution >= 4 is 11.9 Å². The third-order valence-electron chi connectivity index (χ3n) is 3.20. The second-order valence-electron chi connectivity index (χ2n) is 4.82. The third kappa shape index (κ3) is 3.66. The minimum absolute atomic E-state index is 0.164. The van der Waals surface area contributed by atoms with E-state index in [0.29, 0.717) is 12.1 Å². The number of nitrogens with one attached hydrogen (secondary N) is 1. The molecule has 1 aromatic carbocycles. The fraction of sp³-hybridized carbons (Fsp3) is 0.250. The highest BCUT2D eigenvalue weighted by Crippen LogP contribution is 2.18. The quantitative estimate of drug-likeness (QED) is 0.853. The van der Waals surface area contributed by atoms with Gasteiger partial charge in [-0.1, -0.05) is 12.1 Å². The van der Waals surface area contributed by atoms with Crippen LogP contribution < -0.4 is 10.1 Å². The van der Waals surface area contributed by atoms with Crippen molar-refractivity contribution in [3.05, 3.63) is 53.0 Å². The van der Waals surface area contributed by atoms with Gasteiger partial charge in [0.15, 0.2) is 0 Å². The largest absolute Gasteiger partial charge is 0.497 e. The number of aliphatic carboxylic acids is 1. The van der Waals surface area contributed by atoms with Gasteiger partial charge in [0.05, 0.1) is 18.9 Å². The van der Waals surface area contributed by atoms with Gasteiger partial charge in [-0.15, -0.1) is 0 Å². The Kier molecular flexibility index (Phi) is 4.83. The summed E-state index contributed by atoms with van der Waals surface area (Å²) in [4.78, 5) is 23.0. The van der Waals surface area contributed by atoms with Crippen LogP contribution >= 0.6 is 0 Å². The molecular formula is C16H17NO5. The van der Waals surface area contributed by atoms with E-state index in [1.807, 2.05) is 12.1 Å². The van der Waals surface area contributed by atoms with Crippen LogP contribution in [0.15, 0.2) is 34.9 Å². The number of hydrogen-bond acceptors (Lipinski definition) is 4. The Bertz CT molecular complexity index is 672. The monoisotopic (exact) mass is 303 g/mol. The maximum Gasteiger partial charge on any atom is 0.311 e. The van der Waals surface area contributed by atoms with Crippen LogP contribution in [0.1, 0.15) is 27.2 Å². The maximum absolute atomic E-state index is 12.2. The smallest absolute Gasteiger partial charge is 0.311 e. The number of carboxylic acids is 1. The van der Waals surface area contributed by atoms with Gasteiger partial charge in [0.2, 0.25) is 0 Å². The minimum atomic E-state index is -1.04. The van der Waals surface area contributed by atoms with Crippen molar-refractivity contribution in [2.75, 3.05) is 7.11 Å². The number of ether oxygens (including phenoxy) is 1. The third-order valence-corrected chi connectivity index (χ3v) is 3.20. The molecule has 1 aromatic heterocycles. The van der Waals surface area contributed by atoms with E-state index >= 15 is 0 Å². The number of amides is 1. The summed E-state index contributed by atoms with van der Waals surface area (Å²) in [7, 11) is 1.59. The summed E-state index contributed by atoms with van der Waals surface area (Å²) in [5.41, 5.74) is 1.81. The molecule has 0 aliphatic heterocycles. The Morgan fingerprint density at radius 1 is 1.27 bits per heavy atom. The van der Waals surface area contributed by atoms with Gasteiger partial charge < -0.3 is 19.6 Å². The molecular weight excluding hydrogens is 286 g/mol. The summed E-state index contributed by atoms with van der Waals surface area (Å²) in [6.07, 6.45) is 1.07. The first kappa shape index (κ1) is 15.6. The van der Waals surface area contributed by atoms with E-state index < -0.39 is 5.97 Å². The highest BCUT2D eigenvalue weighted by molar-refractivity contribution is 5.97. The van der Waals surface area contributed by atoms with E-state index in [1.54, 1.807) is 26.2 Å². The first-order valence-corrected chi connectivity index (χ1v) is 6.71. The van der Waals surface area contributed by atoms with Crippen LogP contribution in [0.25, 0.3) is 0 Å². The van der Waals surface area contributed by atoms with Crippen LogP contribution in [0, 0.1) is 6.92 Å². The average Bonchev–Trinajstić information content (AvgIpc) is 2.85. The van der Waals surface area contributed by atoms with Gasteiger partial charge in [-0.2, -0.15) is 0 Å². The molecule has 22 heavy (non-hydrogen) atoms. The SMILES string of the molecule is COc1ccc(CNC(=O)c2c(C)coc2CC(=O)O)cc1. The van der Waals surface area contributed by atoms with Gasteiger partial charge in [-0.05, 0) is 24.6 Å². The van der Waals surface area contributed by atoms with Crippen molar-refractivity contribution in [2.24, 2.45) is 0 Å². The van der Waals surface area contributed by atoms with Crippen molar-refractivity contribution in [2.45, 2.75) is 19.9 Å². The van der Waals surface area contributed by atoms with Crippen LogP contribution in [0.2, 0.25) is 0 Å². The lowest BCUT2D eigenvalue weighted by atomic mass is 10.1. The van der Waals surface area contributed by atoms with E-state index in [4.69, 9.17) is 14.3 Å². The van der Waals surface area contributed by atoms with E-state index in [-0.39, 0.29) is 23.7 Å². The molecule has 0 spiro atoms. The van der Waals surface area contributed by atoms with E-state index in [2.05, 4.69) is 5.32 Å². The molecule has 2 rings (SSSR count). The molecule has 0 aliphatic rings. The lowest BCUT2D eigenvalue weighted by Gasteiger charge is -2.07. The molecule has 2 aromatic rings. The summed E-state index contributed by atoms with van der Waals surface area (Å²) in [5, 5.41) is 11.6. The summed E-state index contributed by atoms with van der Waals surface area (Å²) in [6, 6.07) is 7.31. The molecule has 6 heteroatoms. The Labute approximate surface area is 127 Å². The van der Waals surface area contributed by atoms with Crippen molar-refractivity contribution in [3.8, 4) is 5.75 Å². The first-order chi connectivity index (χ1) is 10.5. The fourth-order valence-electron chi connectivity index (χ4n) is 2.08. The number of carboxylic acid groups (broad SMARTS) is 1. The molecule has 1 heterocycles. The Morgan fingerprint density at radius 2 is 1.95 bits per heavy atom. The van der Waals surface area contributed by atoms with Crippen molar-refractivity contribution in [3.63, 3.8) is 0 Å². The average molecular weight is 303 g/mol. The number of furan rings is 1. The summed E-state index contributed by atoms with van der Waals surface area (Å²) >= 11 is 0. The second-order valence-corrected chi connectivity index (χ2v) is 4.82. The maximum atomic E-state index is 12.2. The Balaban J connectivity index is 2.05. The van der Waals surface area contributed by atoms with E-state index in [1.165, 1.54) is 6.26 Å². The van der Waals surface area contributed by atoms with Gasteiger partial charge in [0.1, 0.15) is 17.9 Å². The van der Waals surface area contributed by atoms with Crippen molar-refractivity contribution in [1.82, 2.24) is 5.32 Å². The molecule has 0 radical (unpaired) electrons. The van der Waals surface area contributed by atoms with Crippen LogP contribution in [-0.2, 0) is 17.8 Å². The van der Waals surface area contributed by atoms with Gasteiger partial charge in [-0.3, -0.25) is 9.59 Å².